The van der Waals surface area contributed by atoms with Crippen LogP contribution in [0.3, 0.4) is 0 Å². The molecular weight excluding hydrogens is 444 g/mol. The zero-order chi connectivity index (χ0) is 23.9. The smallest absolute Gasteiger partial charge is 0.327 e. The third-order valence-corrected chi connectivity index (χ3v) is 3.84. The largest absolute Gasteiger partial charge is 0.480 e. The van der Waals surface area contributed by atoms with Gasteiger partial charge in [0, 0.05) is 24.9 Å². The molecule has 0 aromatic heterocycles. The average molecular weight is 471 g/mol. The maximum absolute atomic E-state index is 11.5. The molecule has 13 nitrogen and oxygen atoms in total. The van der Waals surface area contributed by atoms with E-state index < -0.39 is 54.4 Å². The third kappa shape index (κ3) is 15.4. The molecule has 0 aliphatic carbocycles. The monoisotopic (exact) mass is 470 g/mol. The predicted molar refractivity (Wildman–Crippen MR) is 110 cm³/mol. The molecule has 172 valence electrons. The standard InChI is InChI=1S/C10H17N3O6S.C5H9NO3S/c11-5(10(18)19)1-2-7(14)13-6(4-20)9(17)12-3-8(15)16;1-3(7)6-4(2-10)5(8)9/h5-6,20H,1-4,11H2,(H,12,17)(H,13,14)(H,15,16)(H,18,19);4,10H,2H2,1H3,(H,6,7)(H,8,9)/t5-,6-;/m0./s1. The Balaban J connectivity index is 0. The number of amides is 3. The highest BCUT2D eigenvalue weighted by Crippen LogP contribution is 1.97. The molecule has 0 aromatic rings. The Bertz CT molecular complexity index is 633. The zero-order valence-electron chi connectivity index (χ0n) is 16.0. The van der Waals surface area contributed by atoms with Crippen molar-refractivity contribution in [2.75, 3.05) is 18.1 Å². The average Bonchev–Trinajstić information content (AvgIpc) is 2.66. The van der Waals surface area contributed by atoms with Gasteiger partial charge in [-0.3, -0.25) is 24.0 Å². The molecule has 0 aromatic carbocycles. The topological polar surface area (TPSA) is 225 Å². The molecule has 0 radical (unpaired) electrons. The van der Waals surface area contributed by atoms with E-state index in [1.54, 1.807) is 0 Å². The Morgan fingerprint density at radius 2 is 1.43 bits per heavy atom. The molecule has 1 unspecified atom stereocenters. The summed E-state index contributed by atoms with van der Waals surface area (Å²) in [5.74, 6) is -5.02. The van der Waals surface area contributed by atoms with Gasteiger partial charge in [0.25, 0.3) is 0 Å². The lowest BCUT2D eigenvalue weighted by Gasteiger charge is -2.16. The van der Waals surface area contributed by atoms with E-state index >= 15 is 0 Å². The minimum Gasteiger partial charge on any atom is -0.480 e. The van der Waals surface area contributed by atoms with Gasteiger partial charge in [-0.2, -0.15) is 25.3 Å². The van der Waals surface area contributed by atoms with Crippen LogP contribution in [0, 0.1) is 0 Å². The van der Waals surface area contributed by atoms with Crippen molar-refractivity contribution < 1.29 is 44.1 Å². The van der Waals surface area contributed by atoms with E-state index in [9.17, 15) is 28.8 Å². The predicted octanol–water partition coefficient (Wildman–Crippen LogP) is -2.70. The summed E-state index contributed by atoms with van der Waals surface area (Å²) in [6, 6.07) is -3.02. The SMILES string of the molecule is CC(=O)NC(CS)C(=O)O.N[C@@H](CCC(=O)N[C@@H](CS)C(=O)NCC(=O)O)C(=O)O. The molecule has 0 saturated heterocycles. The van der Waals surface area contributed by atoms with Crippen LogP contribution in [-0.2, 0) is 28.8 Å². The molecule has 3 atom stereocenters. The molecule has 8 N–H and O–H groups in total. The first-order chi connectivity index (χ1) is 13.8. The van der Waals surface area contributed by atoms with Crippen molar-refractivity contribution in [1.29, 1.82) is 0 Å². The van der Waals surface area contributed by atoms with Gasteiger partial charge < -0.3 is 37.0 Å². The van der Waals surface area contributed by atoms with Crippen LogP contribution >= 0.6 is 25.3 Å². The van der Waals surface area contributed by atoms with E-state index in [4.69, 9.17) is 21.1 Å². The van der Waals surface area contributed by atoms with E-state index in [-0.39, 0.29) is 30.3 Å². The van der Waals surface area contributed by atoms with Crippen LogP contribution in [0.1, 0.15) is 19.8 Å². The van der Waals surface area contributed by atoms with Crippen LogP contribution in [0.15, 0.2) is 0 Å². The first-order valence-corrected chi connectivity index (χ1v) is 9.61. The minimum atomic E-state index is -1.22. The number of carbonyl (C=O) groups is 6. The van der Waals surface area contributed by atoms with Crippen molar-refractivity contribution in [3.63, 3.8) is 0 Å². The second-order valence-electron chi connectivity index (χ2n) is 5.67. The van der Waals surface area contributed by atoms with Crippen LogP contribution in [-0.4, -0.2) is 87.1 Å². The lowest BCUT2D eigenvalue weighted by Crippen LogP contribution is -2.49. The summed E-state index contributed by atoms with van der Waals surface area (Å²) in [5, 5.41) is 31.9. The molecule has 0 spiro atoms. The van der Waals surface area contributed by atoms with E-state index in [1.807, 2.05) is 0 Å². The number of rotatable bonds is 12. The summed E-state index contributed by atoms with van der Waals surface area (Å²) in [4.78, 5) is 64.3. The van der Waals surface area contributed by atoms with Crippen molar-refractivity contribution in [3.8, 4) is 0 Å². The summed E-state index contributed by atoms with van der Waals surface area (Å²) >= 11 is 7.61. The molecule has 0 heterocycles. The number of hydrogen-bond donors (Lipinski definition) is 9. The number of thiol groups is 2. The van der Waals surface area contributed by atoms with Crippen LogP contribution in [0.5, 0.6) is 0 Å². The number of hydrogen-bond acceptors (Lipinski definition) is 9. The van der Waals surface area contributed by atoms with E-state index in [0.29, 0.717) is 0 Å². The normalized spacial score (nSPS) is 12.8. The van der Waals surface area contributed by atoms with E-state index in [1.165, 1.54) is 6.92 Å². The molecule has 0 aliphatic heterocycles. The fourth-order valence-electron chi connectivity index (χ4n) is 1.59. The first-order valence-electron chi connectivity index (χ1n) is 8.34. The quantitative estimate of drug-likeness (QED) is 0.134. The van der Waals surface area contributed by atoms with Gasteiger partial charge in [0.05, 0.1) is 0 Å². The van der Waals surface area contributed by atoms with Crippen LogP contribution in [0.4, 0.5) is 0 Å². The Hall–Kier alpha value is -2.52. The second kappa shape index (κ2) is 16.3. The number of nitrogens with one attached hydrogen (secondary N) is 3. The Kier molecular flexibility index (Phi) is 16.1. The Morgan fingerprint density at radius 3 is 1.77 bits per heavy atom. The lowest BCUT2D eigenvalue weighted by molar-refractivity contribution is -0.141. The highest BCUT2D eigenvalue weighted by atomic mass is 32.1. The number of carbonyl (C=O) groups excluding carboxylic acids is 3. The van der Waals surface area contributed by atoms with Crippen molar-refractivity contribution in [1.82, 2.24) is 16.0 Å². The molecule has 0 rings (SSSR count). The van der Waals surface area contributed by atoms with Gasteiger partial charge in [0.2, 0.25) is 17.7 Å². The van der Waals surface area contributed by atoms with Crippen LogP contribution in [0.2, 0.25) is 0 Å². The fraction of sp³-hybridized carbons (Fsp3) is 0.600. The van der Waals surface area contributed by atoms with E-state index in [2.05, 4.69) is 41.2 Å². The molecule has 3 amide bonds. The number of aliphatic carboxylic acids is 3. The Labute approximate surface area is 183 Å². The van der Waals surface area contributed by atoms with Gasteiger partial charge in [-0.1, -0.05) is 0 Å². The minimum absolute atomic E-state index is 0.0256. The first kappa shape index (κ1) is 29.7. The molecule has 15 heteroatoms. The molecule has 0 aliphatic rings. The van der Waals surface area contributed by atoms with Gasteiger partial charge in [0.15, 0.2) is 0 Å². The summed E-state index contributed by atoms with van der Waals surface area (Å²) in [5.41, 5.74) is 5.23. The van der Waals surface area contributed by atoms with Crippen molar-refractivity contribution >= 4 is 60.9 Å². The maximum atomic E-state index is 11.5. The molecule has 0 bridgehead atoms. The van der Waals surface area contributed by atoms with Crippen LogP contribution < -0.4 is 21.7 Å². The number of carboxylic acids is 3. The molecule has 0 fully saturated rings. The Morgan fingerprint density at radius 1 is 0.900 bits per heavy atom. The molecule has 30 heavy (non-hydrogen) atoms. The van der Waals surface area contributed by atoms with Gasteiger partial charge in [-0.15, -0.1) is 0 Å². The summed E-state index contributed by atoms with van der Waals surface area (Å²) in [6.07, 6.45) is -0.235. The second-order valence-corrected chi connectivity index (χ2v) is 6.40. The van der Waals surface area contributed by atoms with Crippen LogP contribution in [0.25, 0.3) is 0 Å². The molecule has 0 saturated carbocycles. The fourth-order valence-corrected chi connectivity index (χ4v) is 2.09. The van der Waals surface area contributed by atoms with Gasteiger partial charge in [-0.05, 0) is 6.42 Å². The molecular formula is C15H26N4O9S2. The number of nitrogens with two attached hydrogens (primary N) is 1. The van der Waals surface area contributed by atoms with Gasteiger partial charge in [-0.25, -0.2) is 4.79 Å². The van der Waals surface area contributed by atoms with Crippen molar-refractivity contribution in [3.05, 3.63) is 0 Å². The summed E-state index contributed by atoms with van der Waals surface area (Å²) in [7, 11) is 0. The van der Waals surface area contributed by atoms with Crippen molar-refractivity contribution in [2.24, 2.45) is 5.73 Å². The van der Waals surface area contributed by atoms with Gasteiger partial charge >= 0.3 is 17.9 Å². The number of carboxylic acid groups (broad SMARTS) is 3. The third-order valence-electron chi connectivity index (χ3n) is 3.11. The summed E-state index contributed by atoms with van der Waals surface area (Å²) in [6.45, 7) is 0.697. The lowest BCUT2D eigenvalue weighted by atomic mass is 10.1. The highest BCUT2D eigenvalue weighted by molar-refractivity contribution is 7.80. The van der Waals surface area contributed by atoms with Gasteiger partial charge in [0.1, 0.15) is 24.7 Å². The van der Waals surface area contributed by atoms with E-state index in [0.717, 1.165) is 0 Å². The van der Waals surface area contributed by atoms with Crippen molar-refractivity contribution in [2.45, 2.75) is 37.9 Å². The highest BCUT2D eigenvalue weighted by Gasteiger charge is 2.21. The zero-order valence-corrected chi connectivity index (χ0v) is 17.8. The summed E-state index contributed by atoms with van der Waals surface area (Å²) < 4.78 is 0. The maximum Gasteiger partial charge on any atom is 0.327 e.